The number of fused-ring (bicyclic) bond motifs is 1. The number of carbonyl (C=O) groups excluding carboxylic acids is 1. The summed E-state index contributed by atoms with van der Waals surface area (Å²) in [6, 6.07) is -0.0535. The molecule has 18 heavy (non-hydrogen) atoms. The standard InChI is InChI=1S/C14H21NO3/c16-12-8-4-3-7-11(12)15-13-9-5-1-2-6-10(9)14(17)18-13/h9-12,16H,1-8H2. The molecule has 0 bridgehead atoms. The van der Waals surface area contributed by atoms with Crippen molar-refractivity contribution in [2.24, 2.45) is 16.8 Å². The third-order valence-electron chi connectivity index (χ3n) is 4.58. The lowest BCUT2D eigenvalue weighted by molar-refractivity contribution is -0.137. The average molecular weight is 251 g/mol. The van der Waals surface area contributed by atoms with Crippen molar-refractivity contribution in [3.63, 3.8) is 0 Å². The Labute approximate surface area is 107 Å². The Morgan fingerprint density at radius 1 is 1.00 bits per heavy atom. The summed E-state index contributed by atoms with van der Waals surface area (Å²) in [5, 5.41) is 9.94. The van der Waals surface area contributed by atoms with Crippen LogP contribution in [0, 0.1) is 11.8 Å². The molecule has 1 saturated heterocycles. The van der Waals surface area contributed by atoms with Crippen LogP contribution in [0.2, 0.25) is 0 Å². The van der Waals surface area contributed by atoms with E-state index < -0.39 is 0 Å². The third-order valence-corrected chi connectivity index (χ3v) is 4.58. The monoisotopic (exact) mass is 251 g/mol. The van der Waals surface area contributed by atoms with Crippen LogP contribution in [-0.4, -0.2) is 29.1 Å². The molecule has 0 aromatic rings. The number of aliphatic hydroxyl groups excluding tert-OH is 1. The molecule has 100 valence electrons. The van der Waals surface area contributed by atoms with Gasteiger partial charge in [-0.3, -0.25) is 4.79 Å². The molecule has 3 fully saturated rings. The number of aliphatic hydroxyl groups is 1. The van der Waals surface area contributed by atoms with Gasteiger partial charge in [0.15, 0.2) is 5.90 Å². The van der Waals surface area contributed by atoms with E-state index in [2.05, 4.69) is 4.99 Å². The zero-order valence-corrected chi connectivity index (χ0v) is 10.7. The average Bonchev–Trinajstić information content (AvgIpc) is 2.70. The van der Waals surface area contributed by atoms with Crippen LogP contribution in [0.5, 0.6) is 0 Å². The normalized spacial score (nSPS) is 42.7. The maximum atomic E-state index is 11.8. The second-order valence-electron chi connectivity index (χ2n) is 5.81. The van der Waals surface area contributed by atoms with Gasteiger partial charge < -0.3 is 9.84 Å². The van der Waals surface area contributed by atoms with Crippen molar-refractivity contribution in [2.45, 2.75) is 63.5 Å². The number of cyclic esters (lactones) is 1. The largest absolute Gasteiger partial charge is 0.411 e. The second kappa shape index (κ2) is 5.00. The van der Waals surface area contributed by atoms with E-state index in [-0.39, 0.29) is 30.0 Å². The zero-order valence-electron chi connectivity index (χ0n) is 10.7. The first-order valence-corrected chi connectivity index (χ1v) is 7.23. The van der Waals surface area contributed by atoms with Gasteiger partial charge in [0.2, 0.25) is 0 Å². The molecule has 1 N–H and O–H groups in total. The minimum Gasteiger partial charge on any atom is -0.411 e. The van der Waals surface area contributed by atoms with Crippen molar-refractivity contribution in [2.75, 3.05) is 0 Å². The molecular weight excluding hydrogens is 230 g/mol. The number of rotatable bonds is 1. The van der Waals surface area contributed by atoms with Crippen molar-refractivity contribution < 1.29 is 14.6 Å². The molecule has 2 aliphatic carbocycles. The van der Waals surface area contributed by atoms with Crippen molar-refractivity contribution in [3.8, 4) is 0 Å². The predicted octanol–water partition coefficient (Wildman–Crippen LogP) is 2.05. The molecule has 2 saturated carbocycles. The molecule has 3 rings (SSSR count). The maximum absolute atomic E-state index is 11.8. The first kappa shape index (κ1) is 12.2. The van der Waals surface area contributed by atoms with E-state index in [4.69, 9.17) is 4.74 Å². The third kappa shape index (κ3) is 2.18. The molecule has 0 aromatic heterocycles. The fourth-order valence-electron chi connectivity index (χ4n) is 3.49. The maximum Gasteiger partial charge on any atom is 0.316 e. The number of ether oxygens (including phenoxy) is 1. The minimum atomic E-state index is -0.354. The molecule has 0 radical (unpaired) electrons. The van der Waals surface area contributed by atoms with Crippen LogP contribution >= 0.6 is 0 Å². The lowest BCUT2D eigenvalue weighted by atomic mass is 9.81. The summed E-state index contributed by atoms with van der Waals surface area (Å²) < 4.78 is 5.36. The summed E-state index contributed by atoms with van der Waals surface area (Å²) in [5.74, 6) is 0.762. The van der Waals surface area contributed by atoms with Crippen molar-refractivity contribution >= 4 is 11.9 Å². The summed E-state index contributed by atoms with van der Waals surface area (Å²) in [4.78, 5) is 16.4. The fraction of sp³-hybridized carbons (Fsp3) is 0.857. The van der Waals surface area contributed by atoms with Gasteiger partial charge in [0, 0.05) is 5.92 Å². The van der Waals surface area contributed by atoms with E-state index in [0.29, 0.717) is 5.90 Å². The highest BCUT2D eigenvalue weighted by Crippen LogP contribution is 2.38. The predicted molar refractivity (Wildman–Crippen MR) is 67.2 cm³/mol. The summed E-state index contributed by atoms with van der Waals surface area (Å²) in [7, 11) is 0. The molecule has 0 spiro atoms. The van der Waals surface area contributed by atoms with Crippen LogP contribution < -0.4 is 0 Å². The zero-order chi connectivity index (χ0) is 12.5. The van der Waals surface area contributed by atoms with E-state index >= 15 is 0 Å². The van der Waals surface area contributed by atoms with E-state index in [0.717, 1.165) is 51.4 Å². The Bertz CT molecular complexity index is 366. The number of hydrogen-bond donors (Lipinski definition) is 1. The number of nitrogens with zero attached hydrogens (tertiary/aromatic N) is 1. The number of esters is 1. The summed E-state index contributed by atoms with van der Waals surface area (Å²) in [6.07, 6.45) is 7.80. The van der Waals surface area contributed by atoms with Crippen molar-refractivity contribution in [3.05, 3.63) is 0 Å². The smallest absolute Gasteiger partial charge is 0.316 e. The lowest BCUT2D eigenvalue weighted by Crippen LogP contribution is -2.30. The Morgan fingerprint density at radius 3 is 2.44 bits per heavy atom. The molecule has 3 aliphatic rings. The van der Waals surface area contributed by atoms with Crippen LogP contribution in [0.4, 0.5) is 0 Å². The van der Waals surface area contributed by atoms with Crippen LogP contribution in [0.15, 0.2) is 4.99 Å². The molecule has 1 aliphatic heterocycles. The van der Waals surface area contributed by atoms with Gasteiger partial charge in [0.05, 0.1) is 18.1 Å². The van der Waals surface area contributed by atoms with Crippen LogP contribution in [0.3, 0.4) is 0 Å². The molecule has 1 heterocycles. The SMILES string of the molecule is O=C1OC(=NC2CCCCC2O)C2CCCCC12. The molecular formula is C14H21NO3. The Kier molecular flexibility index (Phi) is 3.37. The summed E-state index contributed by atoms with van der Waals surface area (Å²) in [6.45, 7) is 0. The number of aliphatic imine (C=N–C) groups is 1. The number of hydrogen-bond acceptors (Lipinski definition) is 4. The highest BCUT2D eigenvalue weighted by molar-refractivity contribution is 5.99. The molecule has 0 amide bonds. The van der Waals surface area contributed by atoms with Gasteiger partial charge in [-0.15, -0.1) is 0 Å². The number of carbonyl (C=O) groups is 1. The second-order valence-corrected chi connectivity index (χ2v) is 5.81. The molecule has 0 aromatic carbocycles. The molecule has 4 nitrogen and oxygen atoms in total. The van der Waals surface area contributed by atoms with E-state index in [9.17, 15) is 9.90 Å². The van der Waals surface area contributed by atoms with Gasteiger partial charge in [-0.25, -0.2) is 4.99 Å². The van der Waals surface area contributed by atoms with Gasteiger partial charge in [-0.2, -0.15) is 0 Å². The van der Waals surface area contributed by atoms with Crippen molar-refractivity contribution in [1.29, 1.82) is 0 Å². The fourth-order valence-corrected chi connectivity index (χ4v) is 3.49. The quantitative estimate of drug-likeness (QED) is 0.726. The minimum absolute atomic E-state index is 0.0400. The van der Waals surface area contributed by atoms with Gasteiger partial charge in [0.1, 0.15) is 0 Å². The van der Waals surface area contributed by atoms with Crippen LogP contribution in [0.25, 0.3) is 0 Å². The van der Waals surface area contributed by atoms with E-state index in [1.54, 1.807) is 0 Å². The van der Waals surface area contributed by atoms with Gasteiger partial charge in [-0.1, -0.05) is 25.7 Å². The summed E-state index contributed by atoms with van der Waals surface area (Å²) in [5.41, 5.74) is 0. The van der Waals surface area contributed by atoms with Crippen LogP contribution in [0.1, 0.15) is 51.4 Å². The van der Waals surface area contributed by atoms with Crippen molar-refractivity contribution in [1.82, 2.24) is 0 Å². The van der Waals surface area contributed by atoms with Gasteiger partial charge >= 0.3 is 5.97 Å². The Hall–Kier alpha value is -0.900. The van der Waals surface area contributed by atoms with E-state index in [1.807, 2.05) is 0 Å². The molecule has 4 unspecified atom stereocenters. The lowest BCUT2D eigenvalue weighted by Gasteiger charge is -2.26. The highest BCUT2D eigenvalue weighted by atomic mass is 16.6. The first-order valence-electron chi connectivity index (χ1n) is 7.23. The topological polar surface area (TPSA) is 58.9 Å². The first-order chi connectivity index (χ1) is 8.75. The van der Waals surface area contributed by atoms with E-state index in [1.165, 1.54) is 0 Å². The highest BCUT2D eigenvalue weighted by Gasteiger charge is 2.44. The Balaban J connectivity index is 1.76. The Morgan fingerprint density at radius 2 is 1.67 bits per heavy atom. The van der Waals surface area contributed by atoms with Gasteiger partial charge in [-0.05, 0) is 25.7 Å². The van der Waals surface area contributed by atoms with Gasteiger partial charge in [0.25, 0.3) is 0 Å². The summed E-state index contributed by atoms with van der Waals surface area (Å²) >= 11 is 0. The molecule has 4 atom stereocenters. The molecule has 4 heteroatoms. The van der Waals surface area contributed by atoms with Crippen LogP contribution in [-0.2, 0) is 9.53 Å².